The molecular formula is C16H19NO2. The number of hydrogen-bond donors (Lipinski definition) is 1. The Labute approximate surface area is 113 Å². The van der Waals surface area contributed by atoms with Crippen molar-refractivity contribution >= 4 is 0 Å². The lowest BCUT2D eigenvalue weighted by atomic mass is 9.69. The van der Waals surface area contributed by atoms with Crippen LogP contribution in [-0.4, -0.2) is 11.7 Å². The number of nitrogens with zero attached hydrogens (tertiary/aromatic N) is 1. The van der Waals surface area contributed by atoms with Gasteiger partial charge in [-0.15, -0.1) is 0 Å². The summed E-state index contributed by atoms with van der Waals surface area (Å²) in [6.07, 6.45) is 5.08. The molecule has 1 unspecified atom stereocenters. The number of aliphatic hydroxyl groups is 1. The van der Waals surface area contributed by atoms with Crippen LogP contribution in [0.2, 0.25) is 0 Å². The molecule has 19 heavy (non-hydrogen) atoms. The van der Waals surface area contributed by atoms with Gasteiger partial charge < -0.3 is 9.84 Å². The molecule has 1 aromatic carbocycles. The predicted molar refractivity (Wildman–Crippen MR) is 71.7 cm³/mol. The Balaban J connectivity index is 1.90. The van der Waals surface area contributed by atoms with Gasteiger partial charge in [-0.25, -0.2) is 0 Å². The molecule has 0 aromatic heterocycles. The minimum atomic E-state index is -0.677. The highest BCUT2D eigenvalue weighted by Crippen LogP contribution is 2.46. The van der Waals surface area contributed by atoms with E-state index in [-0.39, 0.29) is 0 Å². The van der Waals surface area contributed by atoms with Crippen LogP contribution in [0.1, 0.15) is 49.3 Å². The second-order valence-electron chi connectivity index (χ2n) is 5.70. The summed E-state index contributed by atoms with van der Waals surface area (Å²) in [5.74, 6) is 0.922. The van der Waals surface area contributed by atoms with E-state index in [0.717, 1.165) is 55.6 Å². The average molecular weight is 257 g/mol. The minimum Gasteiger partial charge on any atom is -0.493 e. The van der Waals surface area contributed by atoms with Crippen molar-refractivity contribution in [1.82, 2.24) is 0 Å². The second kappa shape index (κ2) is 4.86. The Kier molecular flexibility index (Phi) is 3.20. The normalized spacial score (nSPS) is 22.1. The highest BCUT2D eigenvalue weighted by Gasteiger charge is 2.40. The summed E-state index contributed by atoms with van der Waals surface area (Å²) in [4.78, 5) is 0. The van der Waals surface area contributed by atoms with E-state index >= 15 is 0 Å². The Morgan fingerprint density at radius 3 is 2.79 bits per heavy atom. The number of benzene rings is 1. The smallest absolute Gasteiger partial charge is 0.122 e. The number of aliphatic hydroxyl groups excluding tert-OH is 1. The first kappa shape index (κ1) is 12.5. The van der Waals surface area contributed by atoms with E-state index in [1.807, 2.05) is 18.2 Å². The third kappa shape index (κ3) is 2.11. The standard InChI is InChI=1S/C16H19NO2/c17-11-16(7-2-1-3-8-16)15(18)13-4-5-14-12(10-13)6-9-19-14/h4-5,10,15,18H,1-3,6-9H2. The van der Waals surface area contributed by atoms with Gasteiger partial charge in [-0.3, -0.25) is 0 Å². The van der Waals surface area contributed by atoms with E-state index < -0.39 is 11.5 Å². The highest BCUT2D eigenvalue weighted by molar-refractivity contribution is 5.41. The average Bonchev–Trinajstić information content (AvgIpc) is 2.94. The number of rotatable bonds is 2. The van der Waals surface area contributed by atoms with Crippen LogP contribution in [0.3, 0.4) is 0 Å². The van der Waals surface area contributed by atoms with Crippen LogP contribution < -0.4 is 4.74 Å². The lowest BCUT2D eigenvalue weighted by Gasteiger charge is -2.35. The van der Waals surface area contributed by atoms with Crippen LogP contribution in [0.25, 0.3) is 0 Å². The van der Waals surface area contributed by atoms with E-state index in [1.54, 1.807) is 0 Å². The van der Waals surface area contributed by atoms with Gasteiger partial charge in [0.2, 0.25) is 0 Å². The first-order valence-electron chi connectivity index (χ1n) is 7.10. The SMILES string of the molecule is N#CC1(C(O)c2ccc3c(c2)CCO3)CCCCC1. The molecule has 1 heterocycles. The van der Waals surface area contributed by atoms with Crippen molar-refractivity contribution in [2.24, 2.45) is 5.41 Å². The molecule has 0 saturated heterocycles. The van der Waals surface area contributed by atoms with Crippen LogP contribution >= 0.6 is 0 Å². The molecule has 1 atom stereocenters. The fourth-order valence-electron chi connectivity index (χ4n) is 3.32. The Hall–Kier alpha value is -1.53. The zero-order valence-corrected chi connectivity index (χ0v) is 11.1. The number of nitriles is 1. The molecular weight excluding hydrogens is 238 g/mol. The quantitative estimate of drug-likeness (QED) is 0.885. The molecule has 3 nitrogen and oxygen atoms in total. The number of fused-ring (bicyclic) bond motifs is 1. The molecule has 3 heteroatoms. The molecule has 1 aliphatic carbocycles. The monoisotopic (exact) mass is 257 g/mol. The third-order valence-corrected chi connectivity index (χ3v) is 4.52. The minimum absolute atomic E-state index is 0.591. The van der Waals surface area contributed by atoms with Crippen molar-refractivity contribution in [3.63, 3.8) is 0 Å². The largest absolute Gasteiger partial charge is 0.493 e. The second-order valence-corrected chi connectivity index (χ2v) is 5.70. The summed E-state index contributed by atoms with van der Waals surface area (Å²) in [5.41, 5.74) is 1.43. The molecule has 0 spiro atoms. The predicted octanol–water partition coefficient (Wildman–Crippen LogP) is 3.13. The molecule has 3 rings (SSSR count). The molecule has 1 fully saturated rings. The molecule has 0 amide bonds. The van der Waals surface area contributed by atoms with Gasteiger partial charge in [0.1, 0.15) is 5.75 Å². The van der Waals surface area contributed by atoms with Gasteiger partial charge in [0.05, 0.1) is 24.2 Å². The maximum atomic E-state index is 10.7. The van der Waals surface area contributed by atoms with Crippen molar-refractivity contribution in [3.8, 4) is 11.8 Å². The van der Waals surface area contributed by atoms with Crippen LogP contribution in [0.5, 0.6) is 5.75 Å². The van der Waals surface area contributed by atoms with Crippen LogP contribution in [0, 0.1) is 16.7 Å². The van der Waals surface area contributed by atoms with Crippen LogP contribution in [0.4, 0.5) is 0 Å². The van der Waals surface area contributed by atoms with Gasteiger partial charge in [-0.2, -0.15) is 5.26 Å². The van der Waals surface area contributed by atoms with E-state index in [1.165, 1.54) is 6.42 Å². The van der Waals surface area contributed by atoms with Crippen molar-refractivity contribution in [1.29, 1.82) is 5.26 Å². The van der Waals surface area contributed by atoms with Gasteiger partial charge >= 0.3 is 0 Å². The van der Waals surface area contributed by atoms with Gasteiger partial charge in [0.15, 0.2) is 0 Å². The Morgan fingerprint density at radius 2 is 2.05 bits per heavy atom. The zero-order valence-electron chi connectivity index (χ0n) is 11.1. The fraction of sp³-hybridized carbons (Fsp3) is 0.562. The first-order valence-corrected chi connectivity index (χ1v) is 7.10. The van der Waals surface area contributed by atoms with Gasteiger partial charge in [0.25, 0.3) is 0 Å². The van der Waals surface area contributed by atoms with Gasteiger partial charge in [-0.05, 0) is 36.1 Å². The van der Waals surface area contributed by atoms with Crippen molar-refractivity contribution in [2.75, 3.05) is 6.61 Å². The summed E-state index contributed by atoms with van der Waals surface area (Å²) in [6, 6.07) is 8.25. The van der Waals surface area contributed by atoms with E-state index in [0.29, 0.717) is 0 Å². The molecule has 0 bridgehead atoms. The maximum Gasteiger partial charge on any atom is 0.122 e. The fourth-order valence-corrected chi connectivity index (χ4v) is 3.32. The lowest BCUT2D eigenvalue weighted by molar-refractivity contribution is 0.0359. The molecule has 1 N–H and O–H groups in total. The van der Waals surface area contributed by atoms with Crippen LogP contribution in [0.15, 0.2) is 18.2 Å². The molecule has 100 valence electrons. The Bertz CT molecular complexity index is 512. The third-order valence-electron chi connectivity index (χ3n) is 4.52. The maximum absolute atomic E-state index is 10.7. The molecule has 2 aliphatic rings. The van der Waals surface area contributed by atoms with Crippen molar-refractivity contribution < 1.29 is 9.84 Å². The highest BCUT2D eigenvalue weighted by atomic mass is 16.5. The topological polar surface area (TPSA) is 53.2 Å². The number of hydrogen-bond acceptors (Lipinski definition) is 3. The molecule has 1 aromatic rings. The first-order chi connectivity index (χ1) is 9.25. The summed E-state index contributed by atoms with van der Waals surface area (Å²) in [6.45, 7) is 0.721. The molecule has 1 aliphatic heterocycles. The summed E-state index contributed by atoms with van der Waals surface area (Å²) < 4.78 is 5.48. The van der Waals surface area contributed by atoms with Gasteiger partial charge in [0, 0.05) is 6.42 Å². The molecule has 0 radical (unpaired) electrons. The van der Waals surface area contributed by atoms with E-state index in [9.17, 15) is 10.4 Å². The lowest BCUT2D eigenvalue weighted by Crippen LogP contribution is -2.30. The van der Waals surface area contributed by atoms with E-state index in [2.05, 4.69) is 6.07 Å². The summed E-state index contributed by atoms with van der Waals surface area (Å²) in [7, 11) is 0. The Morgan fingerprint density at radius 1 is 1.26 bits per heavy atom. The zero-order chi connectivity index (χ0) is 13.3. The van der Waals surface area contributed by atoms with Crippen molar-refractivity contribution in [2.45, 2.75) is 44.6 Å². The summed E-state index contributed by atoms with van der Waals surface area (Å²) >= 11 is 0. The van der Waals surface area contributed by atoms with Crippen molar-refractivity contribution in [3.05, 3.63) is 29.3 Å². The van der Waals surface area contributed by atoms with E-state index in [4.69, 9.17) is 4.74 Å². The summed E-state index contributed by atoms with van der Waals surface area (Å²) in [5, 5.41) is 20.2. The number of ether oxygens (including phenoxy) is 1. The molecule has 1 saturated carbocycles. The van der Waals surface area contributed by atoms with Gasteiger partial charge in [-0.1, -0.05) is 25.3 Å². The van der Waals surface area contributed by atoms with Crippen LogP contribution in [-0.2, 0) is 6.42 Å².